The molecule has 33 heavy (non-hydrogen) atoms. The second-order valence-corrected chi connectivity index (χ2v) is 8.71. The third kappa shape index (κ3) is 5.20. The number of likely N-dealkylation sites (tertiary alicyclic amines) is 1. The first-order chi connectivity index (χ1) is 16.3. The summed E-state index contributed by atoms with van der Waals surface area (Å²) >= 11 is 0. The number of rotatable bonds is 5. The lowest BCUT2D eigenvalue weighted by atomic mass is 9.95. The predicted octanol–water partition coefficient (Wildman–Crippen LogP) is 4.56. The number of benzene rings is 1. The molecular formula is C26H29N5O2. The van der Waals surface area contributed by atoms with Gasteiger partial charge in [0.2, 0.25) is 0 Å². The lowest BCUT2D eigenvalue weighted by molar-refractivity contribution is -0.147. The van der Waals surface area contributed by atoms with Crippen molar-refractivity contribution in [3.63, 3.8) is 0 Å². The Hall–Kier alpha value is -3.32. The molecule has 2 aliphatic heterocycles. The maximum absolute atomic E-state index is 13.1. The molecule has 7 heteroatoms. The van der Waals surface area contributed by atoms with Crippen molar-refractivity contribution in [3.8, 4) is 11.3 Å². The summed E-state index contributed by atoms with van der Waals surface area (Å²) in [7, 11) is 0. The molecule has 5 rings (SSSR count). The van der Waals surface area contributed by atoms with E-state index in [1.54, 1.807) is 6.20 Å². The van der Waals surface area contributed by atoms with Gasteiger partial charge in [-0.1, -0.05) is 18.2 Å². The van der Waals surface area contributed by atoms with Crippen LogP contribution >= 0.6 is 0 Å². The van der Waals surface area contributed by atoms with Gasteiger partial charge in [-0.3, -0.25) is 9.78 Å². The molecule has 0 radical (unpaired) electrons. The molecule has 170 valence electrons. The van der Waals surface area contributed by atoms with E-state index in [1.807, 2.05) is 59.6 Å². The van der Waals surface area contributed by atoms with Crippen LogP contribution in [0, 0.1) is 0 Å². The second kappa shape index (κ2) is 10.1. The summed E-state index contributed by atoms with van der Waals surface area (Å²) in [4.78, 5) is 29.1. The Labute approximate surface area is 194 Å². The molecule has 1 N–H and O–H groups in total. The van der Waals surface area contributed by atoms with Crippen LogP contribution in [0.15, 0.2) is 60.9 Å². The minimum atomic E-state index is -0.296. The van der Waals surface area contributed by atoms with Crippen molar-refractivity contribution in [1.29, 1.82) is 0 Å². The fraction of sp³-hybridized carbons (Fsp3) is 0.385. The minimum absolute atomic E-state index is 0.0826. The first-order valence-electron chi connectivity index (χ1n) is 11.8. The number of para-hydroxylation sites is 1. The summed E-state index contributed by atoms with van der Waals surface area (Å²) in [6.45, 7) is 2.07. The van der Waals surface area contributed by atoms with E-state index < -0.39 is 0 Å². The Morgan fingerprint density at radius 2 is 1.94 bits per heavy atom. The van der Waals surface area contributed by atoms with Crippen LogP contribution < -0.4 is 5.32 Å². The van der Waals surface area contributed by atoms with Gasteiger partial charge in [0.25, 0.3) is 5.91 Å². The van der Waals surface area contributed by atoms with Gasteiger partial charge >= 0.3 is 0 Å². The van der Waals surface area contributed by atoms with E-state index in [0.29, 0.717) is 13.2 Å². The zero-order valence-electron chi connectivity index (χ0n) is 18.7. The molecule has 2 atom stereocenters. The molecule has 1 aromatic carbocycles. The fourth-order valence-electron chi connectivity index (χ4n) is 4.57. The van der Waals surface area contributed by atoms with Crippen LogP contribution in [0.4, 0.5) is 11.5 Å². The summed E-state index contributed by atoms with van der Waals surface area (Å²) < 4.78 is 5.76. The largest absolute Gasteiger partial charge is 0.368 e. The molecule has 2 saturated heterocycles. The average Bonchev–Trinajstić information content (AvgIpc) is 2.90. The molecule has 3 aromatic rings. The van der Waals surface area contributed by atoms with Crippen LogP contribution in [0.1, 0.15) is 43.8 Å². The highest BCUT2D eigenvalue weighted by atomic mass is 16.5. The van der Waals surface area contributed by atoms with Gasteiger partial charge in [-0.2, -0.15) is 0 Å². The zero-order chi connectivity index (χ0) is 22.5. The number of nitrogens with one attached hydrogen (secondary N) is 1. The van der Waals surface area contributed by atoms with Crippen LogP contribution in [0.2, 0.25) is 0 Å². The Balaban J connectivity index is 1.42. The number of pyridine rings is 1. The first-order valence-corrected chi connectivity index (χ1v) is 11.8. The molecule has 2 fully saturated rings. The topological polar surface area (TPSA) is 80.2 Å². The Kier molecular flexibility index (Phi) is 6.58. The Bertz CT molecular complexity index is 1070. The average molecular weight is 444 g/mol. The molecule has 0 spiro atoms. The molecule has 1 amide bonds. The van der Waals surface area contributed by atoms with Crippen molar-refractivity contribution in [2.75, 3.05) is 25.0 Å². The van der Waals surface area contributed by atoms with Gasteiger partial charge in [0.05, 0.1) is 5.69 Å². The number of amides is 1. The maximum Gasteiger partial charge on any atom is 0.251 e. The third-order valence-corrected chi connectivity index (χ3v) is 6.30. The number of ether oxygens (including phenoxy) is 1. The number of carbonyl (C=O) groups excluding carboxylic acids is 1. The zero-order valence-corrected chi connectivity index (χ0v) is 18.7. The molecule has 2 aromatic heterocycles. The maximum atomic E-state index is 13.1. The van der Waals surface area contributed by atoms with Crippen LogP contribution in [0.25, 0.3) is 11.3 Å². The highest BCUT2D eigenvalue weighted by molar-refractivity contribution is 5.81. The number of aromatic nitrogens is 3. The van der Waals surface area contributed by atoms with E-state index in [2.05, 4.69) is 10.3 Å². The SMILES string of the molecule is O=C([C@@H]1CCCCO1)N1CCC[C@H](c2nc(Nc3ccccc3)cc(-c3cccnc3)n2)C1. The summed E-state index contributed by atoms with van der Waals surface area (Å²) in [5.74, 6) is 1.70. The monoisotopic (exact) mass is 443 g/mol. The van der Waals surface area contributed by atoms with E-state index in [4.69, 9.17) is 14.7 Å². The van der Waals surface area contributed by atoms with E-state index in [-0.39, 0.29) is 17.9 Å². The van der Waals surface area contributed by atoms with Gasteiger partial charge in [-0.25, -0.2) is 9.97 Å². The summed E-state index contributed by atoms with van der Waals surface area (Å²) in [5.41, 5.74) is 2.73. The predicted molar refractivity (Wildman–Crippen MR) is 127 cm³/mol. The summed E-state index contributed by atoms with van der Waals surface area (Å²) in [5, 5.41) is 3.41. The fourth-order valence-corrected chi connectivity index (χ4v) is 4.57. The summed E-state index contributed by atoms with van der Waals surface area (Å²) in [6.07, 6.45) is 8.08. The molecular weight excluding hydrogens is 414 g/mol. The van der Waals surface area contributed by atoms with Crippen molar-refractivity contribution in [2.45, 2.75) is 44.1 Å². The molecule has 0 unspecified atom stereocenters. The third-order valence-electron chi connectivity index (χ3n) is 6.30. The Morgan fingerprint density at radius 3 is 2.73 bits per heavy atom. The van der Waals surface area contributed by atoms with Crippen molar-refractivity contribution in [2.24, 2.45) is 0 Å². The Morgan fingerprint density at radius 1 is 1.03 bits per heavy atom. The molecule has 0 aliphatic carbocycles. The molecule has 0 saturated carbocycles. The number of carbonyl (C=O) groups is 1. The van der Waals surface area contributed by atoms with E-state index in [9.17, 15) is 4.79 Å². The van der Waals surface area contributed by atoms with E-state index in [0.717, 1.165) is 67.2 Å². The van der Waals surface area contributed by atoms with E-state index >= 15 is 0 Å². The minimum Gasteiger partial charge on any atom is -0.368 e. The second-order valence-electron chi connectivity index (χ2n) is 8.71. The number of hydrogen-bond acceptors (Lipinski definition) is 6. The molecule has 7 nitrogen and oxygen atoms in total. The van der Waals surface area contributed by atoms with Gasteiger partial charge in [0.15, 0.2) is 0 Å². The normalized spacial score (nSPS) is 20.9. The van der Waals surface area contributed by atoms with Crippen LogP contribution in [0.3, 0.4) is 0 Å². The van der Waals surface area contributed by atoms with Crippen molar-refractivity contribution < 1.29 is 9.53 Å². The van der Waals surface area contributed by atoms with Gasteiger partial charge in [-0.15, -0.1) is 0 Å². The highest BCUT2D eigenvalue weighted by Crippen LogP contribution is 2.30. The lowest BCUT2D eigenvalue weighted by Crippen LogP contribution is -2.46. The van der Waals surface area contributed by atoms with Crippen LogP contribution in [-0.4, -0.2) is 51.6 Å². The quantitative estimate of drug-likeness (QED) is 0.623. The van der Waals surface area contributed by atoms with Gasteiger partial charge < -0.3 is 15.0 Å². The van der Waals surface area contributed by atoms with Gasteiger partial charge in [0, 0.05) is 55.3 Å². The van der Waals surface area contributed by atoms with Crippen LogP contribution in [0.5, 0.6) is 0 Å². The van der Waals surface area contributed by atoms with Crippen molar-refractivity contribution >= 4 is 17.4 Å². The smallest absolute Gasteiger partial charge is 0.251 e. The summed E-state index contributed by atoms with van der Waals surface area (Å²) in [6, 6.07) is 15.9. The number of anilines is 2. The van der Waals surface area contributed by atoms with Crippen LogP contribution in [-0.2, 0) is 9.53 Å². The molecule has 4 heterocycles. The first kappa shape index (κ1) is 21.5. The number of hydrogen-bond donors (Lipinski definition) is 1. The van der Waals surface area contributed by atoms with Crippen molar-refractivity contribution in [1.82, 2.24) is 19.9 Å². The van der Waals surface area contributed by atoms with Crippen molar-refractivity contribution in [3.05, 3.63) is 66.7 Å². The highest BCUT2D eigenvalue weighted by Gasteiger charge is 2.32. The molecule has 2 aliphatic rings. The lowest BCUT2D eigenvalue weighted by Gasteiger charge is -2.35. The van der Waals surface area contributed by atoms with Gasteiger partial charge in [-0.05, 0) is 56.4 Å². The van der Waals surface area contributed by atoms with Gasteiger partial charge in [0.1, 0.15) is 17.7 Å². The number of piperidine rings is 1. The standard InChI is InChI=1S/C26H29N5O2/c32-26(23-12-4-5-15-33-23)31-14-7-9-20(18-31)25-29-22(19-8-6-13-27-17-19)16-24(30-25)28-21-10-2-1-3-11-21/h1-3,6,8,10-11,13,16-17,20,23H,4-5,7,9,12,14-15,18H2,(H,28,29,30)/t20-,23-/m0/s1. The van der Waals surface area contributed by atoms with E-state index in [1.165, 1.54) is 0 Å². The number of nitrogens with zero attached hydrogens (tertiary/aromatic N) is 4. The molecule has 0 bridgehead atoms.